The number of benzene rings is 1. The molecule has 1 fully saturated rings. The first kappa shape index (κ1) is 20.4. The van der Waals surface area contributed by atoms with E-state index in [0.29, 0.717) is 12.6 Å². The molecule has 4 rings (SSSR count). The van der Waals surface area contributed by atoms with Crippen LogP contribution in [-0.2, 0) is 13.1 Å². The van der Waals surface area contributed by atoms with E-state index in [1.807, 2.05) is 4.68 Å². The van der Waals surface area contributed by atoms with E-state index in [4.69, 9.17) is 10.5 Å². The summed E-state index contributed by atoms with van der Waals surface area (Å²) in [6, 6.07) is 7.05. The maximum Gasteiger partial charge on any atom is 0.222 e. The average molecular weight is 410 g/mol. The van der Waals surface area contributed by atoms with Gasteiger partial charge in [-0.1, -0.05) is 31.9 Å². The van der Waals surface area contributed by atoms with Crippen molar-refractivity contribution in [3.63, 3.8) is 0 Å². The van der Waals surface area contributed by atoms with Crippen LogP contribution in [0.3, 0.4) is 0 Å². The molecule has 1 aliphatic rings. The summed E-state index contributed by atoms with van der Waals surface area (Å²) in [6.45, 7) is 4.43. The van der Waals surface area contributed by atoms with Crippen molar-refractivity contribution in [3.8, 4) is 5.75 Å². The lowest BCUT2D eigenvalue weighted by Gasteiger charge is -2.26. The lowest BCUT2D eigenvalue weighted by atomic mass is 9.93. The van der Waals surface area contributed by atoms with Crippen molar-refractivity contribution in [1.82, 2.24) is 25.1 Å². The van der Waals surface area contributed by atoms with E-state index in [-0.39, 0.29) is 5.95 Å². The molecule has 3 aromatic rings. The average Bonchev–Trinajstić information content (AvgIpc) is 3.10. The Morgan fingerprint density at radius 1 is 1.27 bits per heavy atom. The lowest BCUT2D eigenvalue weighted by Crippen LogP contribution is -2.34. The van der Waals surface area contributed by atoms with E-state index in [9.17, 15) is 0 Å². The summed E-state index contributed by atoms with van der Waals surface area (Å²) in [5, 5.41) is 11.5. The van der Waals surface area contributed by atoms with Crippen LogP contribution in [0.5, 0.6) is 5.75 Å². The first-order valence-corrected chi connectivity index (χ1v) is 10.8. The van der Waals surface area contributed by atoms with E-state index in [2.05, 4.69) is 50.8 Å². The molecule has 0 bridgehead atoms. The molecular weight excluding hydrogens is 378 g/mol. The Morgan fingerprint density at radius 2 is 2.13 bits per heavy atom. The van der Waals surface area contributed by atoms with Gasteiger partial charge in [-0.25, -0.2) is 4.98 Å². The SMILES string of the molecule is CCCCNc1nc(N)nc2cnn(Cc3ccc(CNC4CCC4)cc3OC)c12. The molecule has 30 heavy (non-hydrogen) atoms. The van der Waals surface area contributed by atoms with E-state index in [0.717, 1.165) is 54.1 Å². The molecule has 8 heteroatoms. The van der Waals surface area contributed by atoms with Crippen LogP contribution in [-0.4, -0.2) is 39.4 Å². The molecule has 2 heterocycles. The topological polar surface area (TPSA) is 103 Å². The fourth-order valence-corrected chi connectivity index (χ4v) is 3.71. The zero-order chi connectivity index (χ0) is 20.9. The summed E-state index contributed by atoms with van der Waals surface area (Å²) in [4.78, 5) is 8.76. The number of rotatable bonds is 10. The van der Waals surface area contributed by atoms with Crippen LogP contribution in [0.4, 0.5) is 11.8 Å². The Kier molecular flexibility index (Phi) is 6.32. The molecule has 0 amide bonds. The minimum atomic E-state index is 0.252. The molecule has 2 aromatic heterocycles. The van der Waals surface area contributed by atoms with Crippen LogP contribution >= 0.6 is 0 Å². The Balaban J connectivity index is 1.56. The summed E-state index contributed by atoms with van der Waals surface area (Å²) in [5.74, 6) is 1.84. The van der Waals surface area contributed by atoms with Gasteiger partial charge in [-0.15, -0.1) is 0 Å². The monoisotopic (exact) mass is 409 g/mol. The predicted molar refractivity (Wildman–Crippen MR) is 120 cm³/mol. The molecule has 0 aliphatic heterocycles. The van der Waals surface area contributed by atoms with Crippen molar-refractivity contribution in [1.29, 1.82) is 0 Å². The molecule has 8 nitrogen and oxygen atoms in total. The Bertz CT molecular complexity index is 997. The number of nitrogen functional groups attached to an aromatic ring is 1. The molecule has 0 saturated heterocycles. The number of aromatic nitrogens is 4. The highest BCUT2D eigenvalue weighted by molar-refractivity contribution is 5.86. The molecule has 1 aromatic carbocycles. The molecule has 160 valence electrons. The number of hydrogen-bond acceptors (Lipinski definition) is 7. The van der Waals surface area contributed by atoms with Gasteiger partial charge in [0.1, 0.15) is 16.8 Å². The van der Waals surface area contributed by atoms with Crippen molar-refractivity contribution in [3.05, 3.63) is 35.5 Å². The van der Waals surface area contributed by atoms with Crippen LogP contribution in [0.25, 0.3) is 11.0 Å². The van der Waals surface area contributed by atoms with Gasteiger partial charge in [0, 0.05) is 24.7 Å². The van der Waals surface area contributed by atoms with Gasteiger partial charge >= 0.3 is 0 Å². The Hall–Kier alpha value is -2.87. The molecule has 4 N–H and O–H groups in total. The van der Waals surface area contributed by atoms with Crippen molar-refractivity contribution in [2.24, 2.45) is 0 Å². The number of fused-ring (bicyclic) bond motifs is 1. The Labute approximate surface area is 177 Å². The van der Waals surface area contributed by atoms with Gasteiger partial charge in [-0.05, 0) is 30.9 Å². The summed E-state index contributed by atoms with van der Waals surface area (Å²) in [6.07, 6.45) is 7.80. The zero-order valence-corrected chi connectivity index (χ0v) is 17.8. The maximum atomic E-state index is 5.89. The van der Waals surface area contributed by atoms with Gasteiger partial charge in [0.15, 0.2) is 5.82 Å². The summed E-state index contributed by atoms with van der Waals surface area (Å²) >= 11 is 0. The van der Waals surface area contributed by atoms with Crippen molar-refractivity contribution >= 4 is 22.8 Å². The number of nitrogens with zero attached hydrogens (tertiary/aromatic N) is 4. The van der Waals surface area contributed by atoms with Gasteiger partial charge < -0.3 is 21.1 Å². The third-order valence-corrected chi connectivity index (χ3v) is 5.70. The fourth-order valence-electron chi connectivity index (χ4n) is 3.71. The van der Waals surface area contributed by atoms with Gasteiger partial charge in [0.05, 0.1) is 19.9 Å². The number of methoxy groups -OCH3 is 1. The Morgan fingerprint density at radius 3 is 2.87 bits per heavy atom. The van der Waals surface area contributed by atoms with Crippen LogP contribution in [0, 0.1) is 0 Å². The second-order valence-electron chi connectivity index (χ2n) is 7.90. The lowest BCUT2D eigenvalue weighted by molar-refractivity contribution is 0.338. The number of anilines is 2. The number of nitrogens with one attached hydrogen (secondary N) is 2. The molecule has 1 saturated carbocycles. The molecule has 0 radical (unpaired) electrons. The van der Waals surface area contributed by atoms with E-state index in [1.54, 1.807) is 13.3 Å². The molecule has 0 atom stereocenters. The molecular formula is C22H31N7O. The van der Waals surface area contributed by atoms with Gasteiger partial charge in [-0.3, -0.25) is 4.68 Å². The maximum absolute atomic E-state index is 5.89. The third-order valence-electron chi connectivity index (χ3n) is 5.70. The first-order valence-electron chi connectivity index (χ1n) is 10.8. The van der Waals surface area contributed by atoms with Gasteiger partial charge in [0.2, 0.25) is 5.95 Å². The van der Waals surface area contributed by atoms with Gasteiger partial charge in [0.25, 0.3) is 0 Å². The van der Waals surface area contributed by atoms with E-state index in [1.165, 1.54) is 24.8 Å². The minimum Gasteiger partial charge on any atom is -0.496 e. The smallest absolute Gasteiger partial charge is 0.222 e. The normalized spacial score (nSPS) is 14.1. The molecule has 0 spiro atoms. The van der Waals surface area contributed by atoms with E-state index < -0.39 is 0 Å². The quantitative estimate of drug-likeness (QED) is 0.441. The van der Waals surface area contributed by atoms with Crippen molar-refractivity contribution < 1.29 is 4.74 Å². The number of hydrogen-bond donors (Lipinski definition) is 3. The van der Waals surface area contributed by atoms with Crippen LogP contribution < -0.4 is 21.1 Å². The third kappa shape index (κ3) is 4.48. The number of ether oxygens (including phenoxy) is 1. The fraction of sp³-hybridized carbons (Fsp3) is 0.500. The zero-order valence-electron chi connectivity index (χ0n) is 17.8. The van der Waals surface area contributed by atoms with Crippen molar-refractivity contribution in [2.75, 3.05) is 24.7 Å². The highest BCUT2D eigenvalue weighted by Gasteiger charge is 2.17. The molecule has 0 unspecified atom stereocenters. The van der Waals surface area contributed by atoms with E-state index >= 15 is 0 Å². The van der Waals surface area contributed by atoms with Crippen molar-refractivity contribution in [2.45, 2.75) is 58.2 Å². The van der Waals surface area contributed by atoms with Crippen LogP contribution in [0.2, 0.25) is 0 Å². The minimum absolute atomic E-state index is 0.252. The number of unbranched alkanes of at least 4 members (excludes halogenated alkanes) is 1. The standard InChI is InChI=1S/C22H31N7O/c1-3-4-10-24-21-20-18(27-22(23)28-21)13-26-29(20)14-16-9-8-15(11-19(16)30-2)12-25-17-6-5-7-17/h8-9,11,13,17,25H,3-7,10,12,14H2,1-2H3,(H3,23,24,27,28). The summed E-state index contributed by atoms with van der Waals surface area (Å²) < 4.78 is 7.60. The highest BCUT2D eigenvalue weighted by atomic mass is 16.5. The summed E-state index contributed by atoms with van der Waals surface area (Å²) in [5.41, 5.74) is 9.78. The van der Waals surface area contributed by atoms with Gasteiger partial charge in [-0.2, -0.15) is 10.1 Å². The van der Waals surface area contributed by atoms with Crippen LogP contribution in [0.15, 0.2) is 24.4 Å². The highest BCUT2D eigenvalue weighted by Crippen LogP contribution is 2.26. The number of nitrogens with two attached hydrogens (primary N) is 1. The first-order chi connectivity index (χ1) is 14.7. The second-order valence-corrected chi connectivity index (χ2v) is 7.90. The van der Waals surface area contributed by atoms with Crippen LogP contribution in [0.1, 0.15) is 50.2 Å². The molecule has 1 aliphatic carbocycles. The summed E-state index contributed by atoms with van der Waals surface area (Å²) in [7, 11) is 1.71. The predicted octanol–water partition coefficient (Wildman–Crippen LogP) is 3.32. The largest absolute Gasteiger partial charge is 0.496 e. The second kappa shape index (κ2) is 9.30.